The van der Waals surface area contributed by atoms with Crippen LogP contribution >= 0.6 is 15.9 Å². The largest absolute Gasteiger partial charge is 0.319 e. The van der Waals surface area contributed by atoms with Crippen molar-refractivity contribution in [3.8, 4) is 5.69 Å². The molecule has 0 aliphatic rings. The van der Waals surface area contributed by atoms with Crippen molar-refractivity contribution in [3.63, 3.8) is 0 Å². The number of nitrogens with zero attached hydrogens (tertiary/aromatic N) is 5. The summed E-state index contributed by atoms with van der Waals surface area (Å²) in [6.45, 7) is 0. The highest BCUT2D eigenvalue weighted by Crippen LogP contribution is 2.19. The molecule has 1 aromatic carbocycles. The third-order valence-electron chi connectivity index (χ3n) is 2.71. The van der Waals surface area contributed by atoms with Gasteiger partial charge < -0.3 is 5.32 Å². The molecular formula is C13H9BrN6O. The SMILES string of the molecule is O=C(Nc1ccccc1-n1cnnn1)c1ccc(Br)cn1. The fourth-order valence-electron chi connectivity index (χ4n) is 1.75. The Labute approximate surface area is 128 Å². The molecule has 104 valence electrons. The number of pyridine rings is 1. The Morgan fingerprint density at radius 3 is 2.76 bits per heavy atom. The minimum Gasteiger partial charge on any atom is -0.319 e. The number of carbonyl (C=O) groups excluding carboxylic acids is 1. The minimum absolute atomic E-state index is 0.303. The number of hydrogen-bond acceptors (Lipinski definition) is 5. The van der Waals surface area contributed by atoms with Crippen LogP contribution in [-0.2, 0) is 0 Å². The molecule has 0 fully saturated rings. The van der Waals surface area contributed by atoms with Crippen molar-refractivity contribution in [2.75, 3.05) is 5.32 Å². The number of aromatic nitrogens is 5. The van der Waals surface area contributed by atoms with Crippen molar-refractivity contribution in [2.45, 2.75) is 0 Å². The van der Waals surface area contributed by atoms with Gasteiger partial charge in [0.05, 0.1) is 11.4 Å². The molecule has 2 heterocycles. The van der Waals surface area contributed by atoms with E-state index >= 15 is 0 Å². The Kier molecular flexibility index (Phi) is 3.69. The van der Waals surface area contributed by atoms with Gasteiger partial charge in [-0.2, -0.15) is 4.68 Å². The number of rotatable bonds is 3. The van der Waals surface area contributed by atoms with Crippen molar-refractivity contribution in [2.24, 2.45) is 0 Å². The minimum atomic E-state index is -0.303. The molecule has 0 saturated carbocycles. The maximum absolute atomic E-state index is 12.2. The van der Waals surface area contributed by atoms with Gasteiger partial charge in [-0.1, -0.05) is 12.1 Å². The first-order valence-corrected chi connectivity index (χ1v) is 6.78. The lowest BCUT2D eigenvalue weighted by Crippen LogP contribution is -2.15. The van der Waals surface area contributed by atoms with Crippen LogP contribution in [0.5, 0.6) is 0 Å². The van der Waals surface area contributed by atoms with E-state index in [0.29, 0.717) is 17.1 Å². The first kappa shape index (κ1) is 13.4. The summed E-state index contributed by atoms with van der Waals surface area (Å²) in [5, 5.41) is 13.8. The maximum Gasteiger partial charge on any atom is 0.274 e. The van der Waals surface area contributed by atoms with Gasteiger partial charge >= 0.3 is 0 Å². The number of para-hydroxylation sites is 2. The van der Waals surface area contributed by atoms with Gasteiger partial charge in [-0.15, -0.1) is 5.10 Å². The van der Waals surface area contributed by atoms with Crippen LogP contribution in [-0.4, -0.2) is 31.1 Å². The van der Waals surface area contributed by atoms with Crippen molar-refractivity contribution in [3.05, 3.63) is 59.1 Å². The molecule has 1 amide bonds. The molecule has 0 radical (unpaired) electrons. The van der Waals surface area contributed by atoms with Crippen LogP contribution in [0.15, 0.2) is 53.4 Å². The van der Waals surface area contributed by atoms with E-state index < -0.39 is 0 Å². The lowest BCUT2D eigenvalue weighted by atomic mass is 10.2. The van der Waals surface area contributed by atoms with Crippen LogP contribution in [0.1, 0.15) is 10.5 Å². The Hall–Kier alpha value is -2.61. The molecule has 8 heteroatoms. The third-order valence-corrected chi connectivity index (χ3v) is 3.18. The van der Waals surface area contributed by atoms with E-state index in [1.54, 1.807) is 30.5 Å². The van der Waals surface area contributed by atoms with Crippen LogP contribution in [0.3, 0.4) is 0 Å². The summed E-state index contributed by atoms with van der Waals surface area (Å²) < 4.78 is 2.29. The predicted molar refractivity (Wildman–Crippen MR) is 79.0 cm³/mol. The molecule has 1 N–H and O–H groups in total. The molecule has 21 heavy (non-hydrogen) atoms. The lowest BCUT2D eigenvalue weighted by molar-refractivity contribution is 0.102. The van der Waals surface area contributed by atoms with Crippen LogP contribution in [0, 0.1) is 0 Å². The van der Waals surface area contributed by atoms with E-state index in [1.165, 1.54) is 11.0 Å². The van der Waals surface area contributed by atoms with Crippen molar-refractivity contribution < 1.29 is 4.79 Å². The second-order valence-corrected chi connectivity index (χ2v) is 5.00. The van der Waals surface area contributed by atoms with Crippen molar-refractivity contribution >= 4 is 27.5 Å². The number of hydrogen-bond donors (Lipinski definition) is 1. The quantitative estimate of drug-likeness (QED) is 0.785. The number of tetrazole rings is 1. The number of nitrogens with one attached hydrogen (secondary N) is 1. The Morgan fingerprint density at radius 1 is 1.19 bits per heavy atom. The van der Waals surface area contributed by atoms with Gasteiger partial charge in [-0.3, -0.25) is 4.79 Å². The molecule has 0 spiro atoms. The van der Waals surface area contributed by atoms with Gasteiger partial charge in [0.25, 0.3) is 5.91 Å². The van der Waals surface area contributed by atoms with Crippen LogP contribution in [0.2, 0.25) is 0 Å². The zero-order valence-corrected chi connectivity index (χ0v) is 12.2. The summed E-state index contributed by atoms with van der Waals surface area (Å²) in [5.41, 5.74) is 1.59. The highest BCUT2D eigenvalue weighted by atomic mass is 79.9. The normalized spacial score (nSPS) is 10.3. The molecule has 0 unspecified atom stereocenters. The van der Waals surface area contributed by atoms with Crippen LogP contribution in [0.25, 0.3) is 5.69 Å². The number of carbonyl (C=O) groups is 1. The number of anilines is 1. The number of benzene rings is 1. The van der Waals surface area contributed by atoms with E-state index in [4.69, 9.17) is 0 Å². The average Bonchev–Trinajstić information content (AvgIpc) is 3.02. The average molecular weight is 345 g/mol. The van der Waals surface area contributed by atoms with E-state index in [0.717, 1.165) is 4.47 Å². The number of amides is 1. The van der Waals surface area contributed by atoms with Gasteiger partial charge in [0, 0.05) is 10.7 Å². The monoisotopic (exact) mass is 344 g/mol. The standard InChI is InChI=1S/C13H9BrN6O/c14-9-5-6-11(15-7-9)13(21)17-10-3-1-2-4-12(10)20-8-16-18-19-20/h1-8H,(H,17,21). The summed E-state index contributed by atoms with van der Waals surface area (Å²) >= 11 is 3.28. The molecule has 0 aliphatic carbocycles. The fraction of sp³-hybridized carbons (Fsp3) is 0. The zero-order chi connectivity index (χ0) is 14.7. The van der Waals surface area contributed by atoms with Gasteiger partial charge in [0.15, 0.2) is 0 Å². The van der Waals surface area contributed by atoms with E-state index in [1.807, 2.05) is 12.1 Å². The van der Waals surface area contributed by atoms with Crippen LogP contribution < -0.4 is 5.32 Å². The number of halogens is 1. The summed E-state index contributed by atoms with van der Waals surface area (Å²) in [6, 6.07) is 10.6. The first-order valence-electron chi connectivity index (χ1n) is 5.99. The first-order chi connectivity index (χ1) is 10.2. The highest BCUT2D eigenvalue weighted by molar-refractivity contribution is 9.10. The highest BCUT2D eigenvalue weighted by Gasteiger charge is 2.11. The maximum atomic E-state index is 12.2. The summed E-state index contributed by atoms with van der Waals surface area (Å²) in [4.78, 5) is 16.3. The fourth-order valence-corrected chi connectivity index (χ4v) is 1.98. The summed E-state index contributed by atoms with van der Waals surface area (Å²) in [5.74, 6) is -0.303. The van der Waals surface area contributed by atoms with Crippen molar-refractivity contribution in [1.29, 1.82) is 0 Å². The predicted octanol–water partition coefficient (Wildman–Crippen LogP) is 2.07. The molecule has 0 saturated heterocycles. The third kappa shape index (κ3) is 2.95. The molecule has 3 rings (SSSR count). The van der Waals surface area contributed by atoms with Gasteiger partial charge in [-0.25, -0.2) is 4.98 Å². The second-order valence-electron chi connectivity index (χ2n) is 4.09. The molecule has 0 atom stereocenters. The second kappa shape index (κ2) is 5.80. The summed E-state index contributed by atoms with van der Waals surface area (Å²) in [6.07, 6.45) is 3.03. The molecule has 2 aromatic heterocycles. The molecule has 0 bridgehead atoms. The molecule has 3 aromatic rings. The molecule has 0 aliphatic heterocycles. The van der Waals surface area contributed by atoms with E-state index in [9.17, 15) is 4.79 Å². The van der Waals surface area contributed by atoms with Gasteiger partial charge in [0.1, 0.15) is 12.0 Å². The smallest absolute Gasteiger partial charge is 0.274 e. The topological polar surface area (TPSA) is 85.6 Å². The Balaban J connectivity index is 1.88. The molecule has 7 nitrogen and oxygen atoms in total. The zero-order valence-electron chi connectivity index (χ0n) is 10.6. The summed E-state index contributed by atoms with van der Waals surface area (Å²) in [7, 11) is 0. The van der Waals surface area contributed by atoms with Gasteiger partial charge in [-0.05, 0) is 50.6 Å². The molecular weight excluding hydrogens is 336 g/mol. The van der Waals surface area contributed by atoms with E-state index in [2.05, 4.69) is 41.8 Å². The van der Waals surface area contributed by atoms with Crippen molar-refractivity contribution in [1.82, 2.24) is 25.2 Å². The lowest BCUT2D eigenvalue weighted by Gasteiger charge is -2.09. The van der Waals surface area contributed by atoms with Gasteiger partial charge in [0.2, 0.25) is 0 Å². The van der Waals surface area contributed by atoms with Crippen LogP contribution in [0.4, 0.5) is 5.69 Å². The Bertz CT molecular complexity index is 757. The van der Waals surface area contributed by atoms with E-state index in [-0.39, 0.29) is 5.91 Å². The Morgan fingerprint density at radius 2 is 2.05 bits per heavy atom.